The zero-order valence-corrected chi connectivity index (χ0v) is 13.6. The Morgan fingerprint density at radius 3 is 2.52 bits per heavy atom. The number of methoxy groups -OCH3 is 1. The minimum absolute atomic E-state index is 0.738. The molecule has 0 bridgehead atoms. The molecule has 0 saturated heterocycles. The summed E-state index contributed by atoms with van der Waals surface area (Å²) in [5.41, 5.74) is 4.11. The van der Waals surface area contributed by atoms with Crippen molar-refractivity contribution in [3.8, 4) is 11.5 Å². The minimum atomic E-state index is 0.738. The van der Waals surface area contributed by atoms with Crippen LogP contribution in [0.5, 0.6) is 11.5 Å². The number of benzene rings is 2. The van der Waals surface area contributed by atoms with Gasteiger partial charge in [0.2, 0.25) is 0 Å². The molecule has 120 valence electrons. The lowest BCUT2D eigenvalue weighted by molar-refractivity contribution is 0.245. The highest BCUT2D eigenvalue weighted by atomic mass is 16.5. The summed E-state index contributed by atoms with van der Waals surface area (Å²) < 4.78 is 10.9. The van der Waals surface area contributed by atoms with E-state index in [1.807, 2.05) is 12.1 Å². The maximum atomic E-state index is 5.61. The Kier molecular flexibility index (Phi) is 3.96. The monoisotopic (exact) mass is 309 g/mol. The van der Waals surface area contributed by atoms with E-state index in [2.05, 4.69) is 35.2 Å². The number of ether oxygens (including phenoxy) is 2. The molecule has 23 heavy (non-hydrogen) atoms. The van der Waals surface area contributed by atoms with Crippen molar-refractivity contribution in [3.05, 3.63) is 59.2 Å². The Labute approximate surface area is 137 Å². The van der Waals surface area contributed by atoms with Crippen LogP contribution in [0.25, 0.3) is 0 Å². The molecule has 0 atom stereocenters. The fraction of sp³-hybridized carbons (Fsp3) is 0.400. The molecular weight excluding hydrogens is 286 g/mol. The van der Waals surface area contributed by atoms with Crippen LogP contribution in [0.15, 0.2) is 42.5 Å². The number of fused-ring (bicyclic) bond motifs is 1. The highest BCUT2D eigenvalue weighted by Crippen LogP contribution is 2.32. The number of hydrogen-bond donors (Lipinski definition) is 0. The largest absolute Gasteiger partial charge is 0.497 e. The topological polar surface area (TPSA) is 21.7 Å². The Bertz CT molecular complexity index is 677. The summed E-state index contributed by atoms with van der Waals surface area (Å²) >= 11 is 0. The summed E-state index contributed by atoms with van der Waals surface area (Å²) in [6.45, 7) is 2.85. The van der Waals surface area contributed by atoms with Gasteiger partial charge in [-0.05, 0) is 47.7 Å². The molecule has 3 nitrogen and oxygen atoms in total. The van der Waals surface area contributed by atoms with E-state index < -0.39 is 0 Å². The van der Waals surface area contributed by atoms with Crippen LogP contribution in [-0.2, 0) is 19.5 Å². The summed E-state index contributed by atoms with van der Waals surface area (Å²) in [5.74, 6) is 1.99. The van der Waals surface area contributed by atoms with Gasteiger partial charge >= 0.3 is 0 Å². The lowest BCUT2D eigenvalue weighted by atomic mass is 10.1. The van der Waals surface area contributed by atoms with Gasteiger partial charge < -0.3 is 9.47 Å². The molecule has 0 unspecified atom stereocenters. The van der Waals surface area contributed by atoms with Gasteiger partial charge in [0.15, 0.2) is 0 Å². The van der Waals surface area contributed by atoms with Gasteiger partial charge in [-0.15, -0.1) is 0 Å². The lowest BCUT2D eigenvalue weighted by Crippen LogP contribution is -2.25. The smallest absolute Gasteiger partial charge is 0.122 e. The van der Waals surface area contributed by atoms with E-state index in [4.69, 9.17) is 9.47 Å². The highest BCUT2D eigenvalue weighted by molar-refractivity contribution is 5.39. The summed E-state index contributed by atoms with van der Waals surface area (Å²) in [6.07, 6.45) is 3.69. The van der Waals surface area contributed by atoms with Gasteiger partial charge in [-0.1, -0.05) is 24.3 Å². The van der Waals surface area contributed by atoms with Gasteiger partial charge in [-0.3, -0.25) is 4.90 Å². The van der Waals surface area contributed by atoms with Crippen molar-refractivity contribution in [2.24, 2.45) is 0 Å². The van der Waals surface area contributed by atoms with Crippen molar-refractivity contribution in [3.63, 3.8) is 0 Å². The zero-order chi connectivity index (χ0) is 15.6. The number of hydrogen-bond acceptors (Lipinski definition) is 3. The predicted molar refractivity (Wildman–Crippen MR) is 90.9 cm³/mol. The van der Waals surface area contributed by atoms with Crippen LogP contribution in [0, 0.1) is 0 Å². The number of rotatable bonds is 6. The summed E-state index contributed by atoms with van der Waals surface area (Å²) in [4.78, 5) is 2.60. The fourth-order valence-corrected chi connectivity index (χ4v) is 3.29. The van der Waals surface area contributed by atoms with Gasteiger partial charge in [0, 0.05) is 25.6 Å². The third-order valence-electron chi connectivity index (χ3n) is 4.75. The van der Waals surface area contributed by atoms with Crippen LogP contribution >= 0.6 is 0 Å². The Balaban J connectivity index is 1.47. The molecule has 0 N–H and O–H groups in total. The van der Waals surface area contributed by atoms with E-state index >= 15 is 0 Å². The van der Waals surface area contributed by atoms with Crippen LogP contribution in [0.3, 0.4) is 0 Å². The van der Waals surface area contributed by atoms with Crippen molar-refractivity contribution in [1.29, 1.82) is 0 Å². The molecule has 4 rings (SSSR count). The van der Waals surface area contributed by atoms with Gasteiger partial charge in [-0.25, -0.2) is 0 Å². The molecule has 1 aliphatic carbocycles. The van der Waals surface area contributed by atoms with Gasteiger partial charge in [-0.2, -0.15) is 0 Å². The van der Waals surface area contributed by atoms with E-state index in [-0.39, 0.29) is 0 Å². The van der Waals surface area contributed by atoms with E-state index in [0.717, 1.165) is 43.7 Å². The first-order valence-corrected chi connectivity index (χ1v) is 8.43. The SMILES string of the molecule is COc1ccc(CN(Cc2ccc3c(c2)CCO3)C2CC2)cc1. The molecule has 2 aromatic rings. The summed E-state index contributed by atoms with van der Waals surface area (Å²) in [5, 5.41) is 0. The molecule has 0 radical (unpaired) electrons. The van der Waals surface area contributed by atoms with E-state index in [1.54, 1.807) is 7.11 Å². The molecule has 0 aromatic heterocycles. The van der Waals surface area contributed by atoms with Crippen LogP contribution in [-0.4, -0.2) is 24.7 Å². The van der Waals surface area contributed by atoms with Crippen LogP contribution in [0.1, 0.15) is 29.5 Å². The predicted octanol–water partition coefficient (Wildman–Crippen LogP) is 3.79. The molecule has 1 saturated carbocycles. The standard InChI is InChI=1S/C20H23NO2/c1-22-19-7-2-15(3-8-19)13-21(18-5-6-18)14-16-4-9-20-17(12-16)10-11-23-20/h2-4,7-9,12,18H,5-6,10-11,13-14H2,1H3. The summed E-state index contributed by atoms with van der Waals surface area (Å²) in [6, 6.07) is 15.9. The van der Waals surface area contributed by atoms with Crippen molar-refractivity contribution in [2.45, 2.75) is 38.4 Å². The summed E-state index contributed by atoms with van der Waals surface area (Å²) in [7, 11) is 1.71. The molecule has 0 spiro atoms. The average Bonchev–Trinajstić information content (AvgIpc) is 3.33. The maximum absolute atomic E-state index is 5.61. The maximum Gasteiger partial charge on any atom is 0.122 e. The molecule has 0 amide bonds. The van der Waals surface area contributed by atoms with E-state index in [1.165, 1.54) is 29.5 Å². The quantitative estimate of drug-likeness (QED) is 0.810. The highest BCUT2D eigenvalue weighted by Gasteiger charge is 2.29. The van der Waals surface area contributed by atoms with Crippen molar-refractivity contribution in [1.82, 2.24) is 4.90 Å². The third-order valence-corrected chi connectivity index (χ3v) is 4.75. The lowest BCUT2D eigenvalue weighted by Gasteiger charge is -2.22. The van der Waals surface area contributed by atoms with Crippen LogP contribution in [0.2, 0.25) is 0 Å². The Hall–Kier alpha value is -2.00. The fourth-order valence-electron chi connectivity index (χ4n) is 3.29. The molecule has 1 fully saturated rings. The van der Waals surface area contributed by atoms with Gasteiger partial charge in [0.25, 0.3) is 0 Å². The number of nitrogens with zero attached hydrogens (tertiary/aromatic N) is 1. The van der Waals surface area contributed by atoms with Crippen molar-refractivity contribution >= 4 is 0 Å². The Morgan fingerprint density at radius 2 is 1.78 bits per heavy atom. The second kappa shape index (κ2) is 6.25. The molecule has 3 heteroatoms. The zero-order valence-electron chi connectivity index (χ0n) is 13.6. The Morgan fingerprint density at radius 1 is 1.04 bits per heavy atom. The molecule has 2 aromatic carbocycles. The first-order valence-electron chi connectivity index (χ1n) is 8.43. The second-order valence-electron chi connectivity index (χ2n) is 6.52. The van der Waals surface area contributed by atoms with E-state index in [0.29, 0.717) is 0 Å². The van der Waals surface area contributed by atoms with Crippen molar-refractivity contribution < 1.29 is 9.47 Å². The van der Waals surface area contributed by atoms with Crippen LogP contribution in [0.4, 0.5) is 0 Å². The molecule has 1 heterocycles. The molecular formula is C20H23NO2. The van der Waals surface area contributed by atoms with E-state index in [9.17, 15) is 0 Å². The van der Waals surface area contributed by atoms with Gasteiger partial charge in [0.05, 0.1) is 13.7 Å². The van der Waals surface area contributed by atoms with Gasteiger partial charge in [0.1, 0.15) is 11.5 Å². The minimum Gasteiger partial charge on any atom is -0.497 e. The van der Waals surface area contributed by atoms with Crippen molar-refractivity contribution in [2.75, 3.05) is 13.7 Å². The molecule has 1 aliphatic heterocycles. The first kappa shape index (κ1) is 14.6. The second-order valence-corrected chi connectivity index (χ2v) is 6.52. The third kappa shape index (κ3) is 3.35. The average molecular weight is 309 g/mol. The van der Waals surface area contributed by atoms with Crippen LogP contribution < -0.4 is 9.47 Å². The normalized spacial score (nSPS) is 16.3. The first-order chi connectivity index (χ1) is 11.3. The molecule has 2 aliphatic rings.